The summed E-state index contributed by atoms with van der Waals surface area (Å²) in [5.74, 6) is 1.72. The van der Waals surface area contributed by atoms with Gasteiger partial charge in [-0.3, -0.25) is 4.79 Å². The molecule has 7 heteroatoms. The van der Waals surface area contributed by atoms with Gasteiger partial charge in [-0.1, -0.05) is 6.07 Å². The van der Waals surface area contributed by atoms with Crippen LogP contribution in [0.2, 0.25) is 0 Å². The van der Waals surface area contributed by atoms with Crippen molar-refractivity contribution >= 4 is 23.1 Å². The maximum absolute atomic E-state index is 12.4. The summed E-state index contributed by atoms with van der Waals surface area (Å²) >= 11 is 1.63. The SMILES string of the molecule is O=C(Cc1cccs1)N1CC[C@H](Oc2cc(N3CCCC3)ncn2)C1. The summed E-state index contributed by atoms with van der Waals surface area (Å²) in [6, 6.07) is 5.91. The number of hydrogen-bond donors (Lipinski definition) is 0. The highest BCUT2D eigenvalue weighted by molar-refractivity contribution is 7.10. The molecule has 6 nitrogen and oxygen atoms in total. The number of rotatable bonds is 5. The highest BCUT2D eigenvalue weighted by Crippen LogP contribution is 2.23. The van der Waals surface area contributed by atoms with E-state index in [4.69, 9.17) is 4.74 Å². The third-order valence-corrected chi connectivity index (χ3v) is 5.62. The Hall–Kier alpha value is -2.15. The molecule has 25 heavy (non-hydrogen) atoms. The Labute approximate surface area is 151 Å². The summed E-state index contributed by atoms with van der Waals surface area (Å²) in [6.07, 6.45) is 5.33. The molecule has 0 aromatic carbocycles. The lowest BCUT2D eigenvalue weighted by Crippen LogP contribution is -2.32. The van der Waals surface area contributed by atoms with E-state index in [9.17, 15) is 4.79 Å². The van der Waals surface area contributed by atoms with E-state index in [1.165, 1.54) is 12.8 Å². The number of carbonyl (C=O) groups excluding carboxylic acids is 1. The zero-order valence-corrected chi connectivity index (χ0v) is 15.0. The van der Waals surface area contributed by atoms with Gasteiger partial charge in [-0.25, -0.2) is 9.97 Å². The Morgan fingerprint density at radius 3 is 2.96 bits per heavy atom. The molecule has 132 valence electrons. The van der Waals surface area contributed by atoms with E-state index < -0.39 is 0 Å². The Kier molecular flexibility index (Phi) is 4.83. The molecule has 4 rings (SSSR count). The second-order valence-corrected chi connectivity index (χ2v) is 7.57. The number of likely N-dealkylation sites (tertiary alicyclic amines) is 1. The van der Waals surface area contributed by atoms with Crippen LogP contribution in [0.4, 0.5) is 5.82 Å². The number of hydrogen-bond acceptors (Lipinski definition) is 6. The van der Waals surface area contributed by atoms with Crippen molar-refractivity contribution in [3.8, 4) is 5.88 Å². The van der Waals surface area contributed by atoms with Crippen molar-refractivity contribution in [1.29, 1.82) is 0 Å². The smallest absolute Gasteiger partial charge is 0.227 e. The largest absolute Gasteiger partial charge is 0.472 e. The lowest BCUT2D eigenvalue weighted by atomic mass is 10.3. The molecule has 2 aliphatic heterocycles. The third-order valence-electron chi connectivity index (χ3n) is 4.75. The highest BCUT2D eigenvalue weighted by Gasteiger charge is 2.28. The zero-order valence-electron chi connectivity index (χ0n) is 14.1. The summed E-state index contributed by atoms with van der Waals surface area (Å²) in [5, 5.41) is 2.01. The second-order valence-electron chi connectivity index (χ2n) is 6.53. The number of nitrogens with zero attached hydrogens (tertiary/aromatic N) is 4. The van der Waals surface area contributed by atoms with Gasteiger partial charge in [0.1, 0.15) is 18.2 Å². The predicted octanol–water partition coefficient (Wildman–Crippen LogP) is 2.36. The second kappa shape index (κ2) is 7.39. The van der Waals surface area contributed by atoms with Crippen LogP contribution in [-0.2, 0) is 11.2 Å². The number of anilines is 1. The Morgan fingerprint density at radius 2 is 2.16 bits per heavy atom. The van der Waals surface area contributed by atoms with Crippen molar-refractivity contribution in [3.63, 3.8) is 0 Å². The van der Waals surface area contributed by atoms with Crippen molar-refractivity contribution in [2.75, 3.05) is 31.1 Å². The summed E-state index contributed by atoms with van der Waals surface area (Å²) in [7, 11) is 0. The maximum Gasteiger partial charge on any atom is 0.227 e. The van der Waals surface area contributed by atoms with Gasteiger partial charge in [-0.15, -0.1) is 11.3 Å². The third kappa shape index (κ3) is 3.92. The first-order valence-corrected chi connectivity index (χ1v) is 9.70. The number of aromatic nitrogens is 2. The average molecular weight is 358 g/mol. The van der Waals surface area contributed by atoms with E-state index in [1.54, 1.807) is 17.7 Å². The molecular weight excluding hydrogens is 336 g/mol. The van der Waals surface area contributed by atoms with Crippen LogP contribution < -0.4 is 9.64 Å². The fourth-order valence-electron chi connectivity index (χ4n) is 3.41. The van der Waals surface area contributed by atoms with Gasteiger partial charge >= 0.3 is 0 Å². The van der Waals surface area contributed by atoms with Crippen molar-refractivity contribution < 1.29 is 9.53 Å². The average Bonchev–Trinajstić information content (AvgIpc) is 3.38. The van der Waals surface area contributed by atoms with Crippen LogP contribution in [0, 0.1) is 0 Å². The van der Waals surface area contributed by atoms with E-state index in [-0.39, 0.29) is 12.0 Å². The molecule has 0 unspecified atom stereocenters. The maximum atomic E-state index is 12.4. The predicted molar refractivity (Wildman–Crippen MR) is 97.1 cm³/mol. The molecule has 1 atom stereocenters. The van der Waals surface area contributed by atoms with Crippen LogP contribution in [0.5, 0.6) is 5.88 Å². The minimum Gasteiger partial charge on any atom is -0.472 e. The van der Waals surface area contributed by atoms with E-state index in [1.807, 2.05) is 28.5 Å². The van der Waals surface area contributed by atoms with E-state index >= 15 is 0 Å². The molecule has 2 saturated heterocycles. The number of ether oxygens (including phenoxy) is 1. The fraction of sp³-hybridized carbons (Fsp3) is 0.500. The van der Waals surface area contributed by atoms with Crippen molar-refractivity contribution in [2.24, 2.45) is 0 Å². The van der Waals surface area contributed by atoms with E-state index in [2.05, 4.69) is 14.9 Å². The Balaban J connectivity index is 1.33. The molecule has 0 spiro atoms. The van der Waals surface area contributed by atoms with Gasteiger partial charge in [0.25, 0.3) is 0 Å². The van der Waals surface area contributed by atoms with Gasteiger partial charge in [0.2, 0.25) is 11.8 Å². The molecule has 0 aliphatic carbocycles. The topological polar surface area (TPSA) is 58.6 Å². The molecule has 2 aromatic heterocycles. The first-order valence-electron chi connectivity index (χ1n) is 8.82. The summed E-state index contributed by atoms with van der Waals surface area (Å²) in [4.78, 5) is 26.3. The zero-order chi connectivity index (χ0) is 17.1. The normalized spacial score (nSPS) is 20.2. The van der Waals surface area contributed by atoms with Crippen LogP contribution in [0.25, 0.3) is 0 Å². The lowest BCUT2D eigenvalue weighted by Gasteiger charge is -2.18. The Bertz CT molecular complexity index is 716. The molecule has 0 radical (unpaired) electrons. The number of amides is 1. The van der Waals surface area contributed by atoms with Crippen molar-refractivity contribution in [2.45, 2.75) is 31.8 Å². The van der Waals surface area contributed by atoms with Crippen molar-refractivity contribution in [1.82, 2.24) is 14.9 Å². The minimum absolute atomic E-state index is 0.00798. The van der Waals surface area contributed by atoms with E-state index in [0.717, 1.165) is 36.8 Å². The quantitative estimate of drug-likeness (QED) is 0.821. The summed E-state index contributed by atoms with van der Waals surface area (Å²) in [6.45, 7) is 3.47. The molecular formula is C18H22N4O2S. The van der Waals surface area contributed by atoms with Crippen LogP contribution in [0.3, 0.4) is 0 Å². The summed E-state index contributed by atoms with van der Waals surface area (Å²) < 4.78 is 6.02. The number of carbonyl (C=O) groups is 1. The van der Waals surface area contributed by atoms with Gasteiger partial charge in [0.15, 0.2) is 0 Å². The standard InChI is InChI=1S/C18H22N4O2S/c23-18(10-15-4-3-9-25-15)22-8-5-14(12-22)24-17-11-16(19-13-20-17)21-6-1-2-7-21/h3-4,9,11,13-14H,1-2,5-8,10,12H2/t14-/m0/s1. The van der Waals surface area contributed by atoms with Crippen molar-refractivity contribution in [3.05, 3.63) is 34.8 Å². The monoisotopic (exact) mass is 358 g/mol. The van der Waals surface area contributed by atoms with Gasteiger partial charge < -0.3 is 14.5 Å². The molecule has 2 aromatic rings. The van der Waals surface area contributed by atoms with Crippen LogP contribution in [-0.4, -0.2) is 53.1 Å². The van der Waals surface area contributed by atoms with Gasteiger partial charge in [-0.2, -0.15) is 0 Å². The molecule has 0 N–H and O–H groups in total. The molecule has 0 saturated carbocycles. The molecule has 1 amide bonds. The lowest BCUT2D eigenvalue weighted by molar-refractivity contribution is -0.129. The molecule has 0 bridgehead atoms. The van der Waals surface area contributed by atoms with Gasteiger partial charge in [0, 0.05) is 37.0 Å². The van der Waals surface area contributed by atoms with Crippen LogP contribution in [0.15, 0.2) is 29.9 Å². The highest BCUT2D eigenvalue weighted by atomic mass is 32.1. The fourth-order valence-corrected chi connectivity index (χ4v) is 4.11. The van der Waals surface area contributed by atoms with Gasteiger partial charge in [0.05, 0.1) is 13.0 Å². The minimum atomic E-state index is 0.00798. The first kappa shape index (κ1) is 16.3. The Morgan fingerprint density at radius 1 is 1.28 bits per heavy atom. The van der Waals surface area contributed by atoms with Crippen LogP contribution >= 0.6 is 11.3 Å². The first-order chi connectivity index (χ1) is 12.3. The van der Waals surface area contributed by atoms with Crippen LogP contribution in [0.1, 0.15) is 24.1 Å². The molecule has 2 aliphatic rings. The van der Waals surface area contributed by atoms with E-state index in [0.29, 0.717) is 18.8 Å². The molecule has 4 heterocycles. The number of thiophene rings is 1. The van der Waals surface area contributed by atoms with Gasteiger partial charge in [-0.05, 0) is 24.3 Å². The molecule has 2 fully saturated rings. The summed E-state index contributed by atoms with van der Waals surface area (Å²) in [5.41, 5.74) is 0.